The molecule has 1 aromatic rings. The molecule has 2 atom stereocenters. The van der Waals surface area contributed by atoms with Crippen molar-refractivity contribution in [1.29, 1.82) is 0 Å². The Kier molecular flexibility index (Phi) is 2.02. The van der Waals surface area contributed by atoms with Gasteiger partial charge in [0.1, 0.15) is 0 Å². The summed E-state index contributed by atoms with van der Waals surface area (Å²) in [5, 5.41) is 16.6. The average molecular weight is 218 g/mol. The third kappa shape index (κ3) is 1.14. The third-order valence-corrected chi connectivity index (χ3v) is 3.50. The predicted octanol–water partition coefficient (Wildman–Crippen LogP) is 0.578. The Labute approximate surface area is 93.7 Å². The van der Waals surface area contributed by atoms with Crippen LogP contribution in [0.5, 0.6) is 0 Å². The molecule has 0 bridgehead atoms. The molecule has 0 spiro atoms. The summed E-state index contributed by atoms with van der Waals surface area (Å²) < 4.78 is 0. The summed E-state index contributed by atoms with van der Waals surface area (Å²) in [6.07, 6.45) is 1.83. The second-order valence-electron chi connectivity index (χ2n) is 4.42. The van der Waals surface area contributed by atoms with Gasteiger partial charge in [-0.05, 0) is 25.5 Å². The molecule has 1 amide bonds. The van der Waals surface area contributed by atoms with Crippen LogP contribution in [0.2, 0.25) is 0 Å². The molecule has 84 valence electrons. The Hall–Kier alpha value is -1.39. The summed E-state index contributed by atoms with van der Waals surface area (Å²) in [6.45, 7) is 0.864. The van der Waals surface area contributed by atoms with Crippen molar-refractivity contribution in [3.8, 4) is 0 Å². The van der Waals surface area contributed by atoms with Crippen LogP contribution in [0.4, 0.5) is 5.69 Å². The van der Waals surface area contributed by atoms with E-state index in [1.54, 1.807) is 0 Å². The van der Waals surface area contributed by atoms with Crippen molar-refractivity contribution < 1.29 is 9.90 Å². The van der Waals surface area contributed by atoms with E-state index in [9.17, 15) is 9.90 Å². The normalized spacial score (nSPS) is 32.6. The molecule has 3 rings (SSSR count). The molecule has 3 N–H and O–H groups in total. The van der Waals surface area contributed by atoms with E-state index >= 15 is 0 Å². The minimum absolute atomic E-state index is 0.170. The summed E-state index contributed by atoms with van der Waals surface area (Å²) >= 11 is 0. The van der Waals surface area contributed by atoms with Crippen LogP contribution in [0.1, 0.15) is 18.4 Å². The number of rotatable bonds is 1. The molecule has 4 heteroatoms. The number of hydrogen-bond donors (Lipinski definition) is 3. The predicted molar refractivity (Wildman–Crippen MR) is 60.0 cm³/mol. The molecule has 2 aliphatic heterocycles. The van der Waals surface area contributed by atoms with Gasteiger partial charge >= 0.3 is 0 Å². The van der Waals surface area contributed by atoms with Gasteiger partial charge in [-0.1, -0.05) is 18.2 Å². The molecule has 2 heterocycles. The SMILES string of the molecule is O=C1Nc2ccccc2C1(O)C1CCCN1. The van der Waals surface area contributed by atoms with Crippen molar-refractivity contribution in [2.75, 3.05) is 11.9 Å². The highest BCUT2D eigenvalue weighted by Crippen LogP contribution is 2.40. The largest absolute Gasteiger partial charge is 0.374 e. The molecule has 16 heavy (non-hydrogen) atoms. The number of benzene rings is 1. The quantitative estimate of drug-likeness (QED) is 0.646. The molecule has 0 radical (unpaired) electrons. The van der Waals surface area contributed by atoms with Crippen molar-refractivity contribution in [3.05, 3.63) is 29.8 Å². The van der Waals surface area contributed by atoms with E-state index in [1.807, 2.05) is 24.3 Å². The molecule has 2 aliphatic rings. The van der Waals surface area contributed by atoms with Gasteiger partial charge in [-0.3, -0.25) is 4.79 Å². The lowest BCUT2D eigenvalue weighted by atomic mass is 9.86. The van der Waals surface area contributed by atoms with Crippen molar-refractivity contribution >= 4 is 11.6 Å². The molecule has 1 aromatic carbocycles. The molecule has 4 nitrogen and oxygen atoms in total. The maximum absolute atomic E-state index is 11.9. The van der Waals surface area contributed by atoms with Crippen LogP contribution in [0, 0.1) is 0 Å². The third-order valence-electron chi connectivity index (χ3n) is 3.50. The number of carbonyl (C=O) groups excluding carboxylic acids is 1. The molecule has 0 aromatic heterocycles. The second kappa shape index (κ2) is 3.30. The highest BCUT2D eigenvalue weighted by atomic mass is 16.3. The fourth-order valence-electron chi connectivity index (χ4n) is 2.65. The standard InChI is InChI=1S/C12H14N2O2/c15-11-12(16,10-6-3-7-13-10)8-4-1-2-5-9(8)14-11/h1-2,4-5,10,13,16H,3,6-7H2,(H,14,15). The van der Waals surface area contributed by atoms with Crippen LogP contribution in [0.3, 0.4) is 0 Å². The van der Waals surface area contributed by atoms with E-state index in [0.717, 1.165) is 25.1 Å². The number of nitrogens with one attached hydrogen (secondary N) is 2. The maximum Gasteiger partial charge on any atom is 0.262 e. The number of hydrogen-bond acceptors (Lipinski definition) is 3. The summed E-state index contributed by atoms with van der Waals surface area (Å²) in [6, 6.07) is 7.16. The van der Waals surface area contributed by atoms with Crippen molar-refractivity contribution in [1.82, 2.24) is 5.32 Å². The smallest absolute Gasteiger partial charge is 0.262 e. The minimum atomic E-state index is -1.40. The second-order valence-corrected chi connectivity index (χ2v) is 4.42. The van der Waals surface area contributed by atoms with E-state index in [-0.39, 0.29) is 11.9 Å². The molecule has 1 saturated heterocycles. The zero-order valence-corrected chi connectivity index (χ0v) is 8.86. The molecule has 0 aliphatic carbocycles. The Morgan fingerprint density at radius 3 is 2.94 bits per heavy atom. The average Bonchev–Trinajstić information content (AvgIpc) is 2.89. The number of para-hydroxylation sites is 1. The van der Waals surface area contributed by atoms with Gasteiger partial charge in [-0.15, -0.1) is 0 Å². The first-order chi connectivity index (χ1) is 7.73. The Morgan fingerprint density at radius 2 is 2.19 bits per heavy atom. The lowest BCUT2D eigenvalue weighted by Gasteiger charge is -2.27. The van der Waals surface area contributed by atoms with Gasteiger partial charge in [-0.2, -0.15) is 0 Å². The molecule has 2 unspecified atom stereocenters. The molecule has 0 saturated carbocycles. The van der Waals surface area contributed by atoms with Gasteiger partial charge in [0.2, 0.25) is 0 Å². The topological polar surface area (TPSA) is 61.4 Å². The number of carbonyl (C=O) groups is 1. The first-order valence-corrected chi connectivity index (χ1v) is 5.59. The number of anilines is 1. The minimum Gasteiger partial charge on any atom is -0.374 e. The highest BCUT2D eigenvalue weighted by Gasteiger charge is 2.51. The summed E-state index contributed by atoms with van der Waals surface area (Å²) in [5.74, 6) is -0.312. The van der Waals surface area contributed by atoms with Crippen molar-refractivity contribution in [3.63, 3.8) is 0 Å². The Bertz CT molecular complexity index is 440. The van der Waals surface area contributed by atoms with Crippen molar-refractivity contribution in [2.24, 2.45) is 0 Å². The van der Waals surface area contributed by atoms with E-state index in [1.165, 1.54) is 0 Å². The first-order valence-electron chi connectivity index (χ1n) is 5.59. The van der Waals surface area contributed by atoms with Crippen LogP contribution >= 0.6 is 0 Å². The summed E-state index contributed by atoms with van der Waals surface area (Å²) in [4.78, 5) is 11.9. The maximum atomic E-state index is 11.9. The van der Waals surface area contributed by atoms with Gasteiger partial charge in [-0.25, -0.2) is 0 Å². The lowest BCUT2D eigenvalue weighted by Crippen LogP contribution is -2.50. The first kappa shape index (κ1) is 9.81. The lowest BCUT2D eigenvalue weighted by molar-refractivity contribution is -0.136. The number of amides is 1. The number of aliphatic hydroxyl groups is 1. The van der Waals surface area contributed by atoms with Crippen LogP contribution in [0.15, 0.2) is 24.3 Å². The van der Waals surface area contributed by atoms with E-state index in [0.29, 0.717) is 5.56 Å². The van der Waals surface area contributed by atoms with Gasteiger partial charge < -0.3 is 15.7 Å². The van der Waals surface area contributed by atoms with Crippen LogP contribution in [0.25, 0.3) is 0 Å². The Morgan fingerprint density at radius 1 is 1.38 bits per heavy atom. The van der Waals surface area contributed by atoms with E-state index < -0.39 is 5.60 Å². The highest BCUT2D eigenvalue weighted by molar-refractivity contribution is 6.05. The van der Waals surface area contributed by atoms with Gasteiger partial charge in [0.15, 0.2) is 5.60 Å². The summed E-state index contributed by atoms with van der Waals surface area (Å²) in [5.41, 5.74) is 0.0238. The van der Waals surface area contributed by atoms with Crippen molar-refractivity contribution in [2.45, 2.75) is 24.5 Å². The molecule has 1 fully saturated rings. The summed E-state index contributed by atoms with van der Waals surface area (Å²) in [7, 11) is 0. The fraction of sp³-hybridized carbons (Fsp3) is 0.417. The van der Waals surface area contributed by atoms with Crippen LogP contribution in [-0.2, 0) is 10.4 Å². The number of fused-ring (bicyclic) bond motifs is 1. The zero-order chi connectivity index (χ0) is 11.2. The van der Waals surface area contributed by atoms with Crippen LogP contribution < -0.4 is 10.6 Å². The van der Waals surface area contributed by atoms with Gasteiger partial charge in [0.05, 0.1) is 0 Å². The van der Waals surface area contributed by atoms with E-state index in [2.05, 4.69) is 10.6 Å². The van der Waals surface area contributed by atoms with E-state index in [4.69, 9.17) is 0 Å². The van der Waals surface area contributed by atoms with Crippen LogP contribution in [-0.4, -0.2) is 23.6 Å². The molecular formula is C12H14N2O2. The fourth-order valence-corrected chi connectivity index (χ4v) is 2.65. The molecular weight excluding hydrogens is 204 g/mol. The van der Waals surface area contributed by atoms with Gasteiger partial charge in [0, 0.05) is 17.3 Å². The zero-order valence-electron chi connectivity index (χ0n) is 8.86. The Balaban J connectivity index is 2.09. The monoisotopic (exact) mass is 218 g/mol. The van der Waals surface area contributed by atoms with Gasteiger partial charge in [0.25, 0.3) is 5.91 Å².